The Kier molecular flexibility index (Phi) is 4.15. The zero-order valence-corrected chi connectivity index (χ0v) is 16.0. The minimum Gasteiger partial charge on any atom is -0.398 e. The van der Waals surface area contributed by atoms with Crippen molar-refractivity contribution in [2.45, 2.75) is 64.4 Å². The number of rotatable bonds is 2. The van der Waals surface area contributed by atoms with Crippen LogP contribution in [0.3, 0.4) is 0 Å². The van der Waals surface area contributed by atoms with Gasteiger partial charge >= 0.3 is 7.12 Å². The van der Waals surface area contributed by atoms with Crippen molar-refractivity contribution in [3.05, 3.63) is 23.2 Å². The highest BCUT2D eigenvalue weighted by molar-refractivity contribution is 6.64. The first kappa shape index (κ1) is 17.3. The van der Waals surface area contributed by atoms with Crippen LogP contribution in [-0.2, 0) is 14.0 Å². The van der Waals surface area contributed by atoms with Crippen LogP contribution in [0.25, 0.3) is 10.9 Å². The summed E-state index contributed by atoms with van der Waals surface area (Å²) in [5.74, 6) is 0. The average Bonchev–Trinajstić information content (AvgIpc) is 3.04. The van der Waals surface area contributed by atoms with Crippen LogP contribution in [-0.4, -0.2) is 34.7 Å². The first-order valence-electron chi connectivity index (χ1n) is 8.94. The Morgan fingerprint density at radius 3 is 2.52 bits per heavy atom. The van der Waals surface area contributed by atoms with Crippen LogP contribution in [0.2, 0.25) is 5.02 Å². The molecule has 2 aliphatic heterocycles. The molecule has 3 heterocycles. The van der Waals surface area contributed by atoms with Crippen molar-refractivity contribution in [1.29, 1.82) is 0 Å². The maximum Gasteiger partial charge on any atom is 0.517 e. The van der Waals surface area contributed by atoms with E-state index < -0.39 is 18.3 Å². The van der Waals surface area contributed by atoms with Gasteiger partial charge in [0.05, 0.1) is 21.7 Å². The molecule has 0 bridgehead atoms. The summed E-state index contributed by atoms with van der Waals surface area (Å²) in [6.45, 7) is 8.93. The second-order valence-corrected chi connectivity index (χ2v) is 8.28. The molecule has 0 saturated carbocycles. The molecule has 0 N–H and O–H groups in total. The van der Waals surface area contributed by atoms with E-state index in [1.165, 1.54) is 0 Å². The predicted molar refractivity (Wildman–Crippen MR) is 99.3 cm³/mol. The molecular formula is C18H24BClN2O3. The number of para-hydroxylation sites is 1. The smallest absolute Gasteiger partial charge is 0.398 e. The van der Waals surface area contributed by atoms with Gasteiger partial charge in [-0.25, -0.2) is 4.68 Å². The van der Waals surface area contributed by atoms with E-state index in [-0.39, 0.29) is 6.23 Å². The van der Waals surface area contributed by atoms with Crippen LogP contribution in [0.1, 0.15) is 53.2 Å². The minimum atomic E-state index is -0.518. The van der Waals surface area contributed by atoms with Crippen molar-refractivity contribution in [3.8, 4) is 0 Å². The molecule has 1 unspecified atom stereocenters. The maximum atomic E-state index is 6.52. The fourth-order valence-corrected chi connectivity index (χ4v) is 3.69. The maximum absolute atomic E-state index is 6.52. The number of hydrogen-bond donors (Lipinski definition) is 0. The van der Waals surface area contributed by atoms with E-state index in [0.717, 1.165) is 42.4 Å². The van der Waals surface area contributed by atoms with Crippen molar-refractivity contribution >= 4 is 35.2 Å². The number of ether oxygens (including phenoxy) is 1. The van der Waals surface area contributed by atoms with E-state index in [0.29, 0.717) is 5.02 Å². The van der Waals surface area contributed by atoms with Crippen molar-refractivity contribution < 1.29 is 14.0 Å². The van der Waals surface area contributed by atoms with Crippen molar-refractivity contribution in [2.75, 3.05) is 6.61 Å². The lowest BCUT2D eigenvalue weighted by atomic mass is 9.82. The van der Waals surface area contributed by atoms with Crippen LogP contribution in [0.15, 0.2) is 18.2 Å². The van der Waals surface area contributed by atoms with Crippen molar-refractivity contribution in [2.24, 2.45) is 0 Å². The van der Waals surface area contributed by atoms with Gasteiger partial charge in [0, 0.05) is 12.0 Å². The van der Waals surface area contributed by atoms with E-state index in [4.69, 9.17) is 30.7 Å². The summed E-state index contributed by atoms with van der Waals surface area (Å²) < 4.78 is 20.3. The first-order valence-corrected chi connectivity index (χ1v) is 9.32. The fourth-order valence-electron chi connectivity index (χ4n) is 3.43. The summed E-state index contributed by atoms with van der Waals surface area (Å²) in [4.78, 5) is 0. The monoisotopic (exact) mass is 362 g/mol. The number of nitrogens with zero attached hydrogens (tertiary/aromatic N) is 2. The molecule has 2 fully saturated rings. The second kappa shape index (κ2) is 5.98. The lowest BCUT2D eigenvalue weighted by molar-refractivity contribution is -0.0364. The van der Waals surface area contributed by atoms with Gasteiger partial charge in [-0.15, -0.1) is 0 Å². The lowest BCUT2D eigenvalue weighted by Gasteiger charge is -2.32. The summed E-state index contributed by atoms with van der Waals surface area (Å²) in [6.07, 6.45) is 3.06. The second-order valence-electron chi connectivity index (χ2n) is 7.88. The molecule has 7 heteroatoms. The molecule has 2 aliphatic rings. The molecule has 2 saturated heterocycles. The van der Waals surface area contributed by atoms with Crippen LogP contribution in [0, 0.1) is 0 Å². The van der Waals surface area contributed by atoms with E-state index >= 15 is 0 Å². The molecule has 2 aromatic rings. The highest BCUT2D eigenvalue weighted by Crippen LogP contribution is 2.38. The molecule has 0 spiro atoms. The molecule has 5 nitrogen and oxygen atoms in total. The van der Waals surface area contributed by atoms with E-state index in [1.54, 1.807) is 0 Å². The average molecular weight is 363 g/mol. The highest BCUT2D eigenvalue weighted by Gasteiger charge is 2.53. The summed E-state index contributed by atoms with van der Waals surface area (Å²) in [6, 6.07) is 5.85. The Balaban J connectivity index is 1.81. The summed E-state index contributed by atoms with van der Waals surface area (Å²) >= 11 is 6.52. The molecule has 1 atom stereocenters. The standard InChI is InChI=1S/C18H24BClN2O3/c1-17(2)18(3,4)25-19(24-17)16-12-8-7-9-13(20)15(12)22(21-16)14-10-5-6-11-23-14/h7-9,14H,5-6,10-11H2,1-4H3. The molecule has 4 rings (SSSR count). The summed E-state index contributed by atoms with van der Waals surface area (Å²) in [5.41, 5.74) is 0.840. The summed E-state index contributed by atoms with van der Waals surface area (Å²) in [7, 11) is -0.518. The van der Waals surface area contributed by atoms with Gasteiger partial charge < -0.3 is 14.0 Å². The van der Waals surface area contributed by atoms with Crippen LogP contribution in [0.5, 0.6) is 0 Å². The molecule has 25 heavy (non-hydrogen) atoms. The largest absolute Gasteiger partial charge is 0.517 e. The third-order valence-corrected chi connectivity index (χ3v) is 5.92. The Hall–Kier alpha value is -1.08. The normalized spacial score (nSPS) is 25.6. The molecule has 0 amide bonds. The van der Waals surface area contributed by atoms with Crippen LogP contribution in [0.4, 0.5) is 0 Å². The summed E-state index contributed by atoms with van der Waals surface area (Å²) in [5, 5.41) is 6.47. The number of fused-ring (bicyclic) bond motifs is 1. The van der Waals surface area contributed by atoms with E-state index in [1.807, 2.05) is 50.6 Å². The number of halogens is 1. The molecule has 0 radical (unpaired) electrons. The molecule has 1 aromatic heterocycles. The van der Waals surface area contributed by atoms with Crippen LogP contribution >= 0.6 is 11.6 Å². The van der Waals surface area contributed by atoms with Gasteiger partial charge in [-0.3, -0.25) is 0 Å². The quantitative estimate of drug-likeness (QED) is 0.764. The lowest BCUT2D eigenvalue weighted by Crippen LogP contribution is -2.41. The number of aromatic nitrogens is 2. The number of benzene rings is 1. The molecule has 0 aliphatic carbocycles. The number of hydrogen-bond acceptors (Lipinski definition) is 4. The van der Waals surface area contributed by atoms with Gasteiger partial charge in [0.1, 0.15) is 5.59 Å². The van der Waals surface area contributed by atoms with Crippen LogP contribution < -0.4 is 5.59 Å². The zero-order valence-electron chi connectivity index (χ0n) is 15.2. The predicted octanol–water partition coefficient (Wildman–Crippen LogP) is 3.69. The Bertz CT molecular complexity index is 783. The molecule has 1 aromatic carbocycles. The van der Waals surface area contributed by atoms with Crippen molar-refractivity contribution in [1.82, 2.24) is 9.78 Å². The third-order valence-electron chi connectivity index (χ3n) is 5.61. The fraction of sp³-hybridized carbons (Fsp3) is 0.611. The topological polar surface area (TPSA) is 45.5 Å². The van der Waals surface area contributed by atoms with Gasteiger partial charge in [0.2, 0.25) is 0 Å². The van der Waals surface area contributed by atoms with Gasteiger partial charge in [0.25, 0.3) is 0 Å². The molecule has 134 valence electrons. The highest BCUT2D eigenvalue weighted by atomic mass is 35.5. The Morgan fingerprint density at radius 2 is 1.88 bits per heavy atom. The van der Waals surface area contributed by atoms with Crippen molar-refractivity contribution in [3.63, 3.8) is 0 Å². The minimum absolute atomic E-state index is 0.0904. The molecular weight excluding hydrogens is 338 g/mol. The van der Waals surface area contributed by atoms with E-state index in [2.05, 4.69) is 0 Å². The zero-order chi connectivity index (χ0) is 17.8. The van der Waals surface area contributed by atoms with E-state index in [9.17, 15) is 0 Å². The van der Waals surface area contributed by atoms with Gasteiger partial charge in [-0.05, 0) is 53.0 Å². The first-order chi connectivity index (χ1) is 11.8. The Morgan fingerprint density at radius 1 is 1.16 bits per heavy atom. The van der Waals surface area contributed by atoms with Gasteiger partial charge in [-0.1, -0.05) is 23.7 Å². The van der Waals surface area contributed by atoms with Gasteiger partial charge in [0.15, 0.2) is 6.23 Å². The SMILES string of the molecule is CC1(C)OB(c2nn(C3CCCCO3)c3c(Cl)cccc23)OC1(C)C. The Labute approximate surface area is 153 Å². The van der Waals surface area contributed by atoms with Gasteiger partial charge in [-0.2, -0.15) is 5.10 Å². The third kappa shape index (κ3) is 2.80.